The molecule has 38 heavy (non-hydrogen) atoms. The number of nitrogens with two attached hydrogens (primary N) is 1. The number of para-hydroxylation sites is 1. The fourth-order valence-corrected chi connectivity index (χ4v) is 5.06. The van der Waals surface area contributed by atoms with Crippen molar-refractivity contribution in [3.05, 3.63) is 70.9 Å². The number of aryl methyl sites for hydroxylation is 1. The van der Waals surface area contributed by atoms with Crippen molar-refractivity contribution in [2.24, 2.45) is 5.73 Å². The molecule has 14 heteroatoms. The Bertz CT molecular complexity index is 1500. The predicted molar refractivity (Wildman–Crippen MR) is 138 cm³/mol. The van der Waals surface area contributed by atoms with Crippen molar-refractivity contribution in [2.75, 3.05) is 11.2 Å². The number of nitrogens with one attached hydrogen (secondary N) is 1. The Labute approximate surface area is 243 Å². The van der Waals surface area contributed by atoms with Gasteiger partial charge in [-0.3, -0.25) is 14.3 Å². The third-order valence-electron chi connectivity index (χ3n) is 5.71. The van der Waals surface area contributed by atoms with Gasteiger partial charge in [0.2, 0.25) is 0 Å². The van der Waals surface area contributed by atoms with Crippen LogP contribution in [-0.2, 0) is 50.0 Å². The van der Waals surface area contributed by atoms with Crippen LogP contribution in [0.15, 0.2) is 48.5 Å². The quantitative estimate of drug-likeness (QED) is 0.191. The average molecular weight is 574 g/mol. The van der Waals surface area contributed by atoms with Crippen molar-refractivity contribution in [1.29, 1.82) is 0 Å². The smallest absolute Gasteiger partial charge is 0.747 e. The number of carboxylic acids is 1. The van der Waals surface area contributed by atoms with Crippen LogP contribution in [0.5, 0.6) is 0 Å². The number of anilines is 1. The second-order valence-corrected chi connectivity index (χ2v) is 11.6. The van der Waals surface area contributed by atoms with Gasteiger partial charge < -0.3 is 20.7 Å². The number of benzene rings is 2. The van der Waals surface area contributed by atoms with E-state index < -0.39 is 43.9 Å². The summed E-state index contributed by atoms with van der Waals surface area (Å²) in [5.74, 6) is -2.21. The van der Waals surface area contributed by atoms with Crippen LogP contribution in [-0.4, -0.2) is 53.9 Å². The Morgan fingerprint density at radius 1 is 1.05 bits per heavy atom. The zero-order valence-electron chi connectivity index (χ0n) is 20.8. The Balaban J connectivity index is 0.000000264. The summed E-state index contributed by atoms with van der Waals surface area (Å²) in [5.41, 5.74) is 10.0. The van der Waals surface area contributed by atoms with Gasteiger partial charge in [0, 0.05) is 16.8 Å². The monoisotopic (exact) mass is 573 g/mol. The summed E-state index contributed by atoms with van der Waals surface area (Å²) in [4.78, 5) is 15.2. The van der Waals surface area contributed by atoms with Crippen LogP contribution in [0.1, 0.15) is 35.2 Å². The first kappa shape index (κ1) is 32.1. The largest absolute Gasteiger partial charge is 1.00 e. The van der Waals surface area contributed by atoms with Gasteiger partial charge in [0.05, 0.1) is 5.52 Å². The molecule has 0 saturated heterocycles. The number of aromatic nitrogens is 1. The van der Waals surface area contributed by atoms with Gasteiger partial charge in [0.25, 0.3) is 10.1 Å². The van der Waals surface area contributed by atoms with Crippen molar-refractivity contribution < 1.29 is 65.4 Å². The number of carbonyl (C=O) groups is 1. The first-order valence-corrected chi connectivity index (χ1v) is 14.6. The Hall–Kier alpha value is -2.10. The van der Waals surface area contributed by atoms with Crippen LogP contribution in [0.4, 0.5) is 5.69 Å². The van der Waals surface area contributed by atoms with Gasteiger partial charge in [-0.15, -0.1) is 0 Å². The van der Waals surface area contributed by atoms with Crippen LogP contribution in [0, 0.1) is 0 Å². The molecule has 200 valence electrons. The summed E-state index contributed by atoms with van der Waals surface area (Å²) in [5, 5.41) is 12.3. The maximum Gasteiger partial charge on any atom is 1.00 e. The summed E-state index contributed by atoms with van der Waals surface area (Å²) in [6, 6.07) is 12.8. The molecule has 0 amide bonds. The van der Waals surface area contributed by atoms with E-state index in [-0.39, 0.29) is 36.0 Å². The molecule has 1 heterocycles. The summed E-state index contributed by atoms with van der Waals surface area (Å²) in [6.45, 7) is 0. The second kappa shape index (κ2) is 13.8. The van der Waals surface area contributed by atoms with E-state index in [4.69, 9.17) is 15.4 Å². The first-order chi connectivity index (χ1) is 17.3. The van der Waals surface area contributed by atoms with Gasteiger partial charge in [0.15, 0.2) is 0 Å². The summed E-state index contributed by atoms with van der Waals surface area (Å²) < 4.78 is 62.7. The van der Waals surface area contributed by atoms with Crippen LogP contribution >= 0.6 is 0 Å². The molecule has 1 aromatic heterocycles. The van der Waals surface area contributed by atoms with E-state index in [2.05, 4.69) is 10.3 Å². The van der Waals surface area contributed by atoms with E-state index in [1.165, 1.54) is 12.1 Å². The average Bonchev–Trinajstić information content (AvgIpc) is 2.80. The third-order valence-corrected chi connectivity index (χ3v) is 6.90. The molecule has 3 aromatic rings. The number of rotatable bonds is 8. The zero-order valence-corrected chi connectivity index (χ0v) is 24.5. The first-order valence-electron chi connectivity index (χ1n) is 11.4. The van der Waals surface area contributed by atoms with Crippen LogP contribution in [0.2, 0.25) is 0 Å². The molecule has 0 aliphatic heterocycles. The fourth-order valence-electron chi connectivity index (χ4n) is 4.13. The van der Waals surface area contributed by atoms with Crippen molar-refractivity contribution in [1.82, 2.24) is 4.98 Å². The number of pyridine rings is 1. The molecule has 0 fully saturated rings. The van der Waals surface area contributed by atoms with Gasteiger partial charge in [-0.05, 0) is 54.9 Å². The number of fused-ring (bicyclic) bond motifs is 2. The number of aliphatic carboxylic acids is 1. The maximum atomic E-state index is 10.9. The van der Waals surface area contributed by atoms with Crippen molar-refractivity contribution >= 4 is 42.8 Å². The molecule has 1 atom stereocenters. The summed E-state index contributed by atoms with van der Waals surface area (Å²) in [6.07, 6.45) is 4.03. The molecule has 4 rings (SSSR count). The van der Waals surface area contributed by atoms with Gasteiger partial charge in [0.1, 0.15) is 27.8 Å². The summed E-state index contributed by atoms with van der Waals surface area (Å²) in [7, 11) is -8.39. The van der Waals surface area contributed by atoms with Gasteiger partial charge in [-0.25, -0.2) is 8.42 Å². The molecule has 1 aliphatic carbocycles. The molecule has 0 radical (unpaired) electrons. The molecule has 0 bridgehead atoms. The van der Waals surface area contributed by atoms with Crippen molar-refractivity contribution in [3.63, 3.8) is 0 Å². The Kier molecular flexibility index (Phi) is 11.7. The number of hydrogen-bond acceptors (Lipinski definition) is 9. The van der Waals surface area contributed by atoms with Crippen molar-refractivity contribution in [3.8, 4) is 0 Å². The van der Waals surface area contributed by atoms with Crippen molar-refractivity contribution in [2.45, 2.75) is 43.9 Å². The minimum Gasteiger partial charge on any atom is -0.747 e. The van der Waals surface area contributed by atoms with Gasteiger partial charge >= 0.3 is 35.5 Å². The van der Waals surface area contributed by atoms with Gasteiger partial charge in [-0.1, -0.05) is 42.5 Å². The van der Waals surface area contributed by atoms with E-state index in [0.29, 0.717) is 11.1 Å². The molecule has 1 unspecified atom stereocenters. The summed E-state index contributed by atoms with van der Waals surface area (Å²) >= 11 is 0. The number of carboxylic acid groups (broad SMARTS) is 1. The molecular weight excluding hydrogens is 545 g/mol. The number of hydrogen-bond donors (Lipinski definition) is 4. The molecule has 2 aromatic carbocycles. The van der Waals surface area contributed by atoms with Crippen LogP contribution < -0.4 is 40.6 Å². The van der Waals surface area contributed by atoms with E-state index >= 15 is 0 Å². The SMILES string of the molecule is NC(Cc1cccc(CS(=O)(=O)O)c1)C(=O)O.O=S(=O)([O-])CNc1c2c(nc3ccccc13)CCCC2.[Na+]. The Morgan fingerprint density at radius 3 is 2.37 bits per heavy atom. The van der Waals surface area contributed by atoms with Crippen LogP contribution in [0.25, 0.3) is 10.9 Å². The minimum absolute atomic E-state index is 0. The molecule has 5 N–H and O–H groups in total. The van der Waals surface area contributed by atoms with E-state index in [9.17, 15) is 26.2 Å². The number of nitrogens with zero attached hydrogens (tertiary/aromatic N) is 1. The minimum atomic E-state index is -4.30. The third kappa shape index (κ3) is 9.89. The van der Waals surface area contributed by atoms with E-state index in [1.54, 1.807) is 12.1 Å². The molecule has 11 nitrogen and oxygen atoms in total. The molecular formula is C24H28N3NaO8S2. The zero-order chi connectivity index (χ0) is 27.2. The van der Waals surface area contributed by atoms with Gasteiger partial charge in [-0.2, -0.15) is 8.42 Å². The molecule has 1 aliphatic rings. The maximum absolute atomic E-state index is 10.9. The standard InChI is InChI=1S/C14H16N2O3S.C10H13NO5S.Na/c17-20(18,19)9-15-14-10-5-1-3-7-12(10)16-13-8-4-2-6-11(13)14;11-9(10(12)13)5-7-2-1-3-8(4-7)6-17(14,15)16;/h1,3,5,7H,2,4,6,8-9H2,(H,15,16)(H,17,18,19);1-4,9H,5-6,11H2,(H,12,13)(H,14,15,16);/q;;+1/p-1. The van der Waals surface area contributed by atoms with Crippen LogP contribution in [0.3, 0.4) is 0 Å². The molecule has 0 saturated carbocycles. The normalized spacial score (nSPS) is 13.9. The molecule has 0 spiro atoms. The topological polar surface area (TPSA) is 200 Å². The second-order valence-electron chi connectivity index (χ2n) is 8.71. The van der Waals surface area contributed by atoms with E-state index in [1.807, 2.05) is 24.3 Å². The fraction of sp³-hybridized carbons (Fsp3) is 0.333. The Morgan fingerprint density at radius 2 is 1.71 bits per heavy atom. The van der Waals surface area contributed by atoms with E-state index in [0.717, 1.165) is 53.5 Å². The predicted octanol–water partition coefficient (Wildman–Crippen LogP) is -0.939.